The standard InChI is InChI=1S/C13H11N3O3S/c14-15-13(17)16(18)8-4-3-6-10-12(8)20-11-7-2-1-5-9(11)19-10/h1-7,18H,14H2,(H,15,17). The normalized spacial score (nSPS) is 11.9. The van der Waals surface area contributed by atoms with Gasteiger partial charge in [0.1, 0.15) is 11.5 Å². The minimum atomic E-state index is -0.821. The molecule has 0 saturated heterocycles. The second-order valence-electron chi connectivity index (χ2n) is 4.02. The van der Waals surface area contributed by atoms with E-state index in [0.29, 0.717) is 21.4 Å². The van der Waals surface area contributed by atoms with E-state index < -0.39 is 6.03 Å². The number of hydroxylamine groups is 1. The number of fused-ring (bicyclic) bond motifs is 2. The number of hydrogen-bond donors (Lipinski definition) is 3. The highest BCUT2D eigenvalue weighted by Gasteiger charge is 2.24. The molecule has 0 unspecified atom stereocenters. The molecule has 0 aromatic heterocycles. The van der Waals surface area contributed by atoms with Gasteiger partial charge in [-0.3, -0.25) is 10.6 Å². The molecule has 102 valence electrons. The lowest BCUT2D eigenvalue weighted by atomic mass is 10.2. The number of amides is 2. The molecule has 2 aromatic carbocycles. The molecular weight excluding hydrogens is 278 g/mol. The molecule has 2 aromatic rings. The van der Waals surface area contributed by atoms with Gasteiger partial charge in [-0.2, -0.15) is 5.06 Å². The van der Waals surface area contributed by atoms with E-state index in [4.69, 9.17) is 10.6 Å². The average molecular weight is 289 g/mol. The number of hydrazine groups is 1. The van der Waals surface area contributed by atoms with Crippen molar-refractivity contribution in [1.29, 1.82) is 0 Å². The number of nitrogens with zero attached hydrogens (tertiary/aromatic N) is 1. The Hall–Kier alpha value is -2.22. The minimum absolute atomic E-state index is 0.310. The van der Waals surface area contributed by atoms with Crippen molar-refractivity contribution in [2.45, 2.75) is 9.79 Å². The molecule has 1 heterocycles. The van der Waals surface area contributed by atoms with Crippen LogP contribution in [-0.2, 0) is 0 Å². The summed E-state index contributed by atoms with van der Waals surface area (Å²) in [6.45, 7) is 0. The number of ether oxygens (including phenoxy) is 1. The molecule has 0 radical (unpaired) electrons. The number of carbonyl (C=O) groups excluding carboxylic acids is 1. The molecule has 20 heavy (non-hydrogen) atoms. The van der Waals surface area contributed by atoms with Crippen molar-refractivity contribution in [2.75, 3.05) is 5.06 Å². The van der Waals surface area contributed by atoms with Crippen LogP contribution in [0.15, 0.2) is 52.3 Å². The molecular formula is C13H11N3O3S. The molecule has 0 fully saturated rings. The summed E-state index contributed by atoms with van der Waals surface area (Å²) < 4.78 is 5.76. The lowest BCUT2D eigenvalue weighted by molar-refractivity contribution is 0.204. The molecule has 0 spiro atoms. The summed E-state index contributed by atoms with van der Waals surface area (Å²) in [4.78, 5) is 13.0. The molecule has 3 rings (SSSR count). The predicted molar refractivity (Wildman–Crippen MR) is 74.1 cm³/mol. The third-order valence-corrected chi connectivity index (χ3v) is 3.95. The number of nitrogens with two attached hydrogens (primary N) is 1. The van der Waals surface area contributed by atoms with E-state index in [9.17, 15) is 10.0 Å². The first-order valence-electron chi connectivity index (χ1n) is 5.78. The van der Waals surface area contributed by atoms with E-state index in [0.717, 1.165) is 10.6 Å². The molecule has 4 N–H and O–H groups in total. The number of para-hydroxylation sites is 1. The Kier molecular flexibility index (Phi) is 3.23. The average Bonchev–Trinajstić information content (AvgIpc) is 2.50. The first-order chi connectivity index (χ1) is 9.70. The molecule has 7 heteroatoms. The summed E-state index contributed by atoms with van der Waals surface area (Å²) in [5.74, 6) is 6.35. The van der Waals surface area contributed by atoms with Crippen LogP contribution in [-0.4, -0.2) is 11.2 Å². The number of benzene rings is 2. The third kappa shape index (κ3) is 2.07. The molecule has 1 aliphatic heterocycles. The number of hydrogen-bond acceptors (Lipinski definition) is 5. The van der Waals surface area contributed by atoms with Gasteiger partial charge in [-0.15, -0.1) is 0 Å². The largest absolute Gasteiger partial charge is 0.455 e. The maximum Gasteiger partial charge on any atom is 0.360 e. The summed E-state index contributed by atoms with van der Waals surface area (Å²) >= 11 is 1.42. The lowest BCUT2D eigenvalue weighted by Crippen LogP contribution is -2.41. The number of carbonyl (C=O) groups is 1. The van der Waals surface area contributed by atoms with Gasteiger partial charge in [0.15, 0.2) is 0 Å². The Morgan fingerprint density at radius 1 is 1.20 bits per heavy atom. The van der Waals surface area contributed by atoms with E-state index in [-0.39, 0.29) is 0 Å². The predicted octanol–water partition coefficient (Wildman–Crippen LogP) is 2.72. The Balaban J connectivity index is 2.04. The van der Waals surface area contributed by atoms with Crippen molar-refractivity contribution < 1.29 is 14.7 Å². The van der Waals surface area contributed by atoms with Gasteiger partial charge in [-0.1, -0.05) is 30.0 Å². The molecule has 0 atom stereocenters. The topological polar surface area (TPSA) is 87.8 Å². The number of anilines is 1. The molecule has 0 bridgehead atoms. The van der Waals surface area contributed by atoms with Crippen LogP contribution in [0.5, 0.6) is 11.5 Å². The number of rotatable bonds is 1. The molecule has 0 saturated carbocycles. The van der Waals surface area contributed by atoms with E-state index >= 15 is 0 Å². The summed E-state index contributed by atoms with van der Waals surface area (Å²) in [7, 11) is 0. The Morgan fingerprint density at radius 3 is 2.75 bits per heavy atom. The highest BCUT2D eigenvalue weighted by molar-refractivity contribution is 7.99. The van der Waals surface area contributed by atoms with Gasteiger partial charge in [-0.25, -0.2) is 10.6 Å². The summed E-state index contributed by atoms with van der Waals surface area (Å²) in [6, 6.07) is 11.8. The van der Waals surface area contributed by atoms with Gasteiger partial charge in [0.2, 0.25) is 0 Å². The van der Waals surface area contributed by atoms with Crippen LogP contribution in [0, 0.1) is 0 Å². The smallest absolute Gasteiger partial charge is 0.360 e. The van der Waals surface area contributed by atoms with Gasteiger partial charge < -0.3 is 4.74 Å². The summed E-state index contributed by atoms with van der Waals surface area (Å²) in [6.07, 6.45) is 0. The van der Waals surface area contributed by atoms with Crippen molar-refractivity contribution in [3.63, 3.8) is 0 Å². The van der Waals surface area contributed by atoms with E-state index in [1.54, 1.807) is 18.2 Å². The van der Waals surface area contributed by atoms with E-state index in [1.165, 1.54) is 11.8 Å². The zero-order valence-corrected chi connectivity index (χ0v) is 11.1. The van der Waals surface area contributed by atoms with Crippen molar-refractivity contribution >= 4 is 23.5 Å². The third-order valence-electron chi connectivity index (χ3n) is 2.78. The zero-order chi connectivity index (χ0) is 14.1. The van der Waals surface area contributed by atoms with Crippen LogP contribution in [0.4, 0.5) is 10.5 Å². The quantitative estimate of drug-likeness (QED) is 0.277. The van der Waals surface area contributed by atoms with Crippen LogP contribution in [0.3, 0.4) is 0 Å². The lowest BCUT2D eigenvalue weighted by Gasteiger charge is -2.24. The first kappa shape index (κ1) is 12.8. The fraction of sp³-hybridized carbons (Fsp3) is 0. The van der Waals surface area contributed by atoms with Gasteiger partial charge in [-0.05, 0) is 24.3 Å². The molecule has 1 aliphatic rings. The van der Waals surface area contributed by atoms with Gasteiger partial charge in [0, 0.05) is 0 Å². The van der Waals surface area contributed by atoms with Crippen LogP contribution < -0.4 is 21.1 Å². The first-order valence-corrected chi connectivity index (χ1v) is 6.59. The fourth-order valence-electron chi connectivity index (χ4n) is 1.87. The number of urea groups is 1. The van der Waals surface area contributed by atoms with E-state index in [2.05, 4.69) is 0 Å². The van der Waals surface area contributed by atoms with Gasteiger partial charge in [0.25, 0.3) is 0 Å². The maximum absolute atomic E-state index is 11.4. The van der Waals surface area contributed by atoms with Gasteiger partial charge in [0.05, 0.1) is 15.5 Å². The van der Waals surface area contributed by atoms with E-state index in [1.807, 2.05) is 29.7 Å². The Labute approximate surface area is 119 Å². The number of nitrogens with one attached hydrogen (secondary N) is 1. The molecule has 6 nitrogen and oxygen atoms in total. The molecule has 2 amide bonds. The van der Waals surface area contributed by atoms with Crippen molar-refractivity contribution in [3.8, 4) is 11.5 Å². The van der Waals surface area contributed by atoms with Crippen LogP contribution in [0.1, 0.15) is 0 Å². The van der Waals surface area contributed by atoms with Crippen LogP contribution >= 0.6 is 11.8 Å². The highest BCUT2D eigenvalue weighted by Crippen LogP contribution is 2.50. The molecule has 0 aliphatic carbocycles. The van der Waals surface area contributed by atoms with Crippen LogP contribution in [0.2, 0.25) is 0 Å². The second-order valence-corrected chi connectivity index (χ2v) is 5.07. The maximum atomic E-state index is 11.4. The van der Waals surface area contributed by atoms with Crippen molar-refractivity contribution in [2.24, 2.45) is 5.84 Å². The summed E-state index contributed by atoms with van der Waals surface area (Å²) in [5, 5.41) is 10.3. The monoisotopic (exact) mass is 289 g/mol. The Bertz CT molecular complexity index is 678. The summed E-state index contributed by atoms with van der Waals surface area (Å²) in [5.41, 5.74) is 2.19. The second kappa shape index (κ2) is 5.04. The Morgan fingerprint density at radius 2 is 1.95 bits per heavy atom. The van der Waals surface area contributed by atoms with Crippen LogP contribution in [0.25, 0.3) is 0 Å². The highest BCUT2D eigenvalue weighted by atomic mass is 32.2. The SMILES string of the molecule is NNC(=O)N(O)c1cccc2c1Sc1ccccc1O2. The fourth-order valence-corrected chi connectivity index (χ4v) is 2.92. The zero-order valence-electron chi connectivity index (χ0n) is 10.2. The van der Waals surface area contributed by atoms with Gasteiger partial charge >= 0.3 is 6.03 Å². The van der Waals surface area contributed by atoms with Crippen molar-refractivity contribution in [1.82, 2.24) is 5.43 Å². The van der Waals surface area contributed by atoms with Crippen molar-refractivity contribution in [3.05, 3.63) is 42.5 Å². The minimum Gasteiger partial charge on any atom is -0.455 e.